The first-order chi connectivity index (χ1) is 9.81. The molecular formula is C16H18ClNO3. The Morgan fingerprint density at radius 1 is 1.19 bits per heavy atom. The van der Waals surface area contributed by atoms with Crippen LogP contribution in [-0.4, -0.2) is 25.3 Å². The summed E-state index contributed by atoms with van der Waals surface area (Å²) < 4.78 is 15.9. The molecule has 1 aliphatic rings. The Balaban J connectivity index is 0.00000161. The zero-order valence-electron chi connectivity index (χ0n) is 11.8. The van der Waals surface area contributed by atoms with Crippen molar-refractivity contribution in [3.8, 4) is 11.5 Å². The summed E-state index contributed by atoms with van der Waals surface area (Å²) in [6, 6.07) is 9.89. The zero-order chi connectivity index (χ0) is 13.8. The van der Waals surface area contributed by atoms with Crippen molar-refractivity contribution in [2.24, 2.45) is 0 Å². The molecule has 0 fully saturated rings. The zero-order valence-corrected chi connectivity index (χ0v) is 12.6. The molecule has 2 aromatic rings. The number of benzene rings is 1. The number of fused-ring (bicyclic) bond motifs is 1. The maximum absolute atomic E-state index is 5.38. The second-order valence-corrected chi connectivity index (χ2v) is 4.80. The molecule has 0 amide bonds. The van der Waals surface area contributed by atoms with Gasteiger partial charge in [0, 0.05) is 13.1 Å². The summed E-state index contributed by atoms with van der Waals surface area (Å²) in [6.07, 6.45) is 5.75. The standard InChI is InChI=1S/C16H17NO3.ClH/c1-17(8-2-4-14-5-3-9-18-14)11-13-6-7-15-16(10-13)20-12-19-15;/h2-7,9-10H,8,11-12H2,1H3;1H/b4-2+;. The highest BCUT2D eigenvalue weighted by Crippen LogP contribution is 2.32. The largest absolute Gasteiger partial charge is 0.465 e. The number of likely N-dealkylation sites (N-methyl/N-ethyl adjacent to an activating group) is 1. The van der Waals surface area contributed by atoms with Crippen molar-refractivity contribution in [1.29, 1.82) is 0 Å². The van der Waals surface area contributed by atoms with Gasteiger partial charge in [0.2, 0.25) is 6.79 Å². The first-order valence-corrected chi connectivity index (χ1v) is 6.58. The minimum absolute atomic E-state index is 0. The van der Waals surface area contributed by atoms with Crippen LogP contribution in [0, 0.1) is 0 Å². The van der Waals surface area contributed by atoms with Crippen LogP contribution in [0.25, 0.3) is 6.08 Å². The van der Waals surface area contributed by atoms with Gasteiger partial charge >= 0.3 is 0 Å². The average Bonchev–Trinajstić information content (AvgIpc) is 3.08. The molecule has 4 nitrogen and oxygen atoms in total. The van der Waals surface area contributed by atoms with E-state index in [1.165, 1.54) is 5.56 Å². The number of rotatable bonds is 5. The van der Waals surface area contributed by atoms with E-state index < -0.39 is 0 Å². The molecule has 1 aliphatic heterocycles. The van der Waals surface area contributed by atoms with E-state index in [9.17, 15) is 0 Å². The van der Waals surface area contributed by atoms with Crippen molar-refractivity contribution in [1.82, 2.24) is 4.90 Å². The second-order valence-electron chi connectivity index (χ2n) is 4.80. The maximum Gasteiger partial charge on any atom is 0.231 e. The lowest BCUT2D eigenvalue weighted by Crippen LogP contribution is -2.17. The van der Waals surface area contributed by atoms with Crippen molar-refractivity contribution < 1.29 is 13.9 Å². The monoisotopic (exact) mass is 307 g/mol. The van der Waals surface area contributed by atoms with E-state index in [2.05, 4.69) is 24.1 Å². The fraction of sp³-hybridized carbons (Fsp3) is 0.250. The molecule has 0 saturated heterocycles. The topological polar surface area (TPSA) is 34.8 Å². The van der Waals surface area contributed by atoms with Crippen molar-refractivity contribution in [3.63, 3.8) is 0 Å². The molecule has 2 heterocycles. The first-order valence-electron chi connectivity index (χ1n) is 6.58. The van der Waals surface area contributed by atoms with Crippen LogP contribution in [0.2, 0.25) is 0 Å². The Morgan fingerprint density at radius 3 is 2.86 bits per heavy atom. The van der Waals surface area contributed by atoms with Crippen molar-refractivity contribution in [2.45, 2.75) is 6.54 Å². The van der Waals surface area contributed by atoms with E-state index >= 15 is 0 Å². The lowest BCUT2D eigenvalue weighted by molar-refractivity contribution is 0.174. The average molecular weight is 308 g/mol. The molecule has 21 heavy (non-hydrogen) atoms. The van der Waals surface area contributed by atoms with Crippen LogP contribution >= 0.6 is 12.4 Å². The van der Waals surface area contributed by atoms with E-state index in [1.807, 2.05) is 30.3 Å². The summed E-state index contributed by atoms with van der Waals surface area (Å²) in [7, 11) is 2.08. The predicted molar refractivity (Wildman–Crippen MR) is 83.9 cm³/mol. The van der Waals surface area contributed by atoms with Gasteiger partial charge in [-0.05, 0) is 43.0 Å². The maximum atomic E-state index is 5.38. The molecule has 0 atom stereocenters. The van der Waals surface area contributed by atoms with Gasteiger partial charge in [0.05, 0.1) is 6.26 Å². The minimum Gasteiger partial charge on any atom is -0.465 e. The highest BCUT2D eigenvalue weighted by atomic mass is 35.5. The molecule has 1 aromatic carbocycles. The van der Waals surface area contributed by atoms with Crippen LogP contribution in [0.5, 0.6) is 11.5 Å². The van der Waals surface area contributed by atoms with Crippen LogP contribution in [0.3, 0.4) is 0 Å². The summed E-state index contributed by atoms with van der Waals surface area (Å²) in [5, 5.41) is 0. The molecule has 0 N–H and O–H groups in total. The lowest BCUT2D eigenvalue weighted by Gasteiger charge is -2.14. The molecule has 0 aliphatic carbocycles. The number of hydrogen-bond acceptors (Lipinski definition) is 4. The summed E-state index contributed by atoms with van der Waals surface area (Å²) in [4.78, 5) is 2.22. The summed E-state index contributed by atoms with van der Waals surface area (Å²) >= 11 is 0. The molecule has 1 aromatic heterocycles. The highest BCUT2D eigenvalue weighted by Gasteiger charge is 2.13. The van der Waals surface area contributed by atoms with Gasteiger partial charge in [0.15, 0.2) is 11.5 Å². The van der Waals surface area contributed by atoms with E-state index in [1.54, 1.807) is 6.26 Å². The van der Waals surface area contributed by atoms with Gasteiger partial charge in [-0.25, -0.2) is 0 Å². The third-order valence-electron chi connectivity index (χ3n) is 3.13. The predicted octanol–water partition coefficient (Wildman–Crippen LogP) is 3.58. The molecular weight excluding hydrogens is 290 g/mol. The molecule has 0 radical (unpaired) electrons. The fourth-order valence-corrected chi connectivity index (χ4v) is 2.15. The van der Waals surface area contributed by atoms with E-state index in [4.69, 9.17) is 13.9 Å². The summed E-state index contributed by atoms with van der Waals surface area (Å²) in [5.41, 5.74) is 1.21. The van der Waals surface area contributed by atoms with Gasteiger partial charge < -0.3 is 13.9 Å². The Labute approximate surface area is 130 Å². The van der Waals surface area contributed by atoms with E-state index in [0.717, 1.165) is 30.3 Å². The SMILES string of the molecule is CN(C/C=C/c1ccco1)Cc1ccc2c(c1)OCO2.Cl. The third kappa shape index (κ3) is 4.03. The van der Waals surface area contributed by atoms with Crippen molar-refractivity contribution in [2.75, 3.05) is 20.4 Å². The highest BCUT2D eigenvalue weighted by molar-refractivity contribution is 5.85. The lowest BCUT2D eigenvalue weighted by atomic mass is 10.2. The molecule has 0 unspecified atom stereocenters. The Hall–Kier alpha value is -1.91. The van der Waals surface area contributed by atoms with Crippen LogP contribution in [-0.2, 0) is 6.54 Å². The first kappa shape index (κ1) is 15.5. The van der Waals surface area contributed by atoms with Crippen LogP contribution in [0.1, 0.15) is 11.3 Å². The summed E-state index contributed by atoms with van der Waals surface area (Å²) in [5.74, 6) is 2.54. The minimum atomic E-state index is 0. The molecule has 0 saturated carbocycles. The van der Waals surface area contributed by atoms with E-state index in [0.29, 0.717) is 6.79 Å². The number of nitrogens with zero attached hydrogens (tertiary/aromatic N) is 1. The second kappa shape index (κ2) is 7.20. The normalized spacial score (nSPS) is 12.9. The Morgan fingerprint density at radius 2 is 2.05 bits per heavy atom. The quantitative estimate of drug-likeness (QED) is 0.846. The van der Waals surface area contributed by atoms with Gasteiger partial charge in [-0.15, -0.1) is 12.4 Å². The molecule has 112 valence electrons. The number of hydrogen-bond donors (Lipinski definition) is 0. The Bertz CT molecular complexity index is 596. The van der Waals surface area contributed by atoms with Gasteiger partial charge in [0.1, 0.15) is 5.76 Å². The van der Waals surface area contributed by atoms with Crippen molar-refractivity contribution in [3.05, 3.63) is 54.0 Å². The molecule has 3 rings (SSSR count). The number of halogens is 1. The molecule has 5 heteroatoms. The fourth-order valence-electron chi connectivity index (χ4n) is 2.15. The van der Waals surface area contributed by atoms with E-state index in [-0.39, 0.29) is 12.4 Å². The van der Waals surface area contributed by atoms with Crippen molar-refractivity contribution >= 4 is 18.5 Å². The number of furan rings is 1. The van der Waals surface area contributed by atoms with Gasteiger partial charge in [-0.1, -0.05) is 12.1 Å². The van der Waals surface area contributed by atoms with Gasteiger partial charge in [-0.2, -0.15) is 0 Å². The van der Waals surface area contributed by atoms with Gasteiger partial charge in [0.25, 0.3) is 0 Å². The van der Waals surface area contributed by atoms with Crippen LogP contribution in [0.4, 0.5) is 0 Å². The Kier molecular flexibility index (Phi) is 5.31. The van der Waals surface area contributed by atoms with Crippen LogP contribution < -0.4 is 9.47 Å². The molecule has 0 bridgehead atoms. The van der Waals surface area contributed by atoms with Gasteiger partial charge in [-0.3, -0.25) is 4.90 Å². The summed E-state index contributed by atoms with van der Waals surface area (Å²) in [6.45, 7) is 2.04. The van der Waals surface area contributed by atoms with Crippen LogP contribution in [0.15, 0.2) is 47.1 Å². The smallest absolute Gasteiger partial charge is 0.231 e. The number of ether oxygens (including phenoxy) is 2. The third-order valence-corrected chi connectivity index (χ3v) is 3.13. The molecule has 0 spiro atoms.